The summed E-state index contributed by atoms with van der Waals surface area (Å²) in [4.78, 5) is 27.1. The summed E-state index contributed by atoms with van der Waals surface area (Å²) in [5, 5.41) is 20.4. The zero-order valence-corrected chi connectivity index (χ0v) is 19.9. The molecule has 0 aliphatic carbocycles. The number of ether oxygens (including phenoxy) is 1. The molecule has 10 heteroatoms. The van der Waals surface area contributed by atoms with Crippen LogP contribution in [0.25, 0.3) is 33.4 Å². The second-order valence-electron chi connectivity index (χ2n) is 8.87. The molecule has 0 saturated carbocycles. The molecule has 4 N–H and O–H groups in total. The lowest BCUT2D eigenvalue weighted by molar-refractivity contribution is -0.0448. The first kappa shape index (κ1) is 22.9. The van der Waals surface area contributed by atoms with E-state index in [-0.39, 0.29) is 18.6 Å². The predicted octanol–water partition coefficient (Wildman–Crippen LogP) is 3.59. The highest BCUT2D eigenvalue weighted by molar-refractivity contribution is 5.98. The van der Waals surface area contributed by atoms with E-state index in [4.69, 9.17) is 4.74 Å². The van der Waals surface area contributed by atoms with Gasteiger partial charge in [-0.2, -0.15) is 5.10 Å². The van der Waals surface area contributed by atoms with Crippen LogP contribution in [0.3, 0.4) is 0 Å². The molecule has 1 amide bonds. The molecular formula is C27H25N7O3. The number of carbonyl (C=O) groups is 1. The Hall–Kier alpha value is -4.54. The van der Waals surface area contributed by atoms with Crippen molar-refractivity contribution in [3.8, 4) is 22.5 Å². The summed E-state index contributed by atoms with van der Waals surface area (Å²) in [5.74, 6) is 1.14. The van der Waals surface area contributed by atoms with E-state index < -0.39 is 0 Å². The number of fused-ring (bicyclic) bond motifs is 1. The number of hydrogen-bond acceptors (Lipinski definition) is 7. The lowest BCUT2D eigenvalue weighted by atomic mass is 10.1. The number of nitrogens with zero attached hydrogens (tertiary/aromatic N) is 4. The van der Waals surface area contributed by atoms with E-state index in [2.05, 4.69) is 30.5 Å². The fourth-order valence-corrected chi connectivity index (χ4v) is 4.44. The van der Waals surface area contributed by atoms with Crippen molar-refractivity contribution in [1.82, 2.24) is 30.0 Å². The van der Waals surface area contributed by atoms with E-state index >= 15 is 0 Å². The second kappa shape index (κ2) is 9.84. The third-order valence-corrected chi connectivity index (χ3v) is 6.39. The maximum Gasteiger partial charge on any atom is 0.270 e. The van der Waals surface area contributed by atoms with E-state index in [1.807, 2.05) is 60.8 Å². The number of carbonyl (C=O) groups excluding carboxylic acids is 1. The van der Waals surface area contributed by atoms with Crippen LogP contribution in [-0.4, -0.2) is 73.5 Å². The highest BCUT2D eigenvalue weighted by Gasteiger charge is 2.25. The highest BCUT2D eigenvalue weighted by Crippen LogP contribution is 2.26. The Labute approximate surface area is 212 Å². The van der Waals surface area contributed by atoms with Gasteiger partial charge in [0.15, 0.2) is 5.82 Å². The molecule has 0 radical (unpaired) electrons. The number of amides is 1. The average molecular weight is 496 g/mol. The van der Waals surface area contributed by atoms with Crippen molar-refractivity contribution in [1.29, 1.82) is 0 Å². The van der Waals surface area contributed by atoms with E-state index in [1.54, 1.807) is 17.3 Å². The minimum atomic E-state index is -0.346. The van der Waals surface area contributed by atoms with Gasteiger partial charge in [-0.25, -0.2) is 9.97 Å². The van der Waals surface area contributed by atoms with E-state index in [0.29, 0.717) is 37.0 Å². The molecule has 37 heavy (non-hydrogen) atoms. The smallest absolute Gasteiger partial charge is 0.270 e. The monoisotopic (exact) mass is 495 g/mol. The van der Waals surface area contributed by atoms with Gasteiger partial charge >= 0.3 is 0 Å². The molecule has 6 rings (SSSR count). The molecule has 0 spiro atoms. The fraction of sp³-hybridized carbons (Fsp3) is 0.185. The van der Waals surface area contributed by atoms with Gasteiger partial charge in [0.1, 0.15) is 11.5 Å². The number of aliphatic hydroxyl groups excluding tert-OH is 1. The van der Waals surface area contributed by atoms with E-state index in [9.17, 15) is 9.90 Å². The molecule has 3 aromatic heterocycles. The number of nitrogens with one attached hydrogen (secondary N) is 3. The summed E-state index contributed by atoms with van der Waals surface area (Å²) in [6, 6.07) is 17.5. The third kappa shape index (κ3) is 4.80. The maximum atomic E-state index is 13.0. The number of aromatic nitrogens is 5. The van der Waals surface area contributed by atoms with Crippen LogP contribution in [0.15, 0.2) is 73.2 Å². The van der Waals surface area contributed by atoms with Crippen LogP contribution in [0.2, 0.25) is 0 Å². The molecule has 186 valence electrons. The fourth-order valence-electron chi connectivity index (χ4n) is 4.44. The Bertz CT molecular complexity index is 1530. The van der Waals surface area contributed by atoms with E-state index in [1.165, 1.54) is 0 Å². The van der Waals surface area contributed by atoms with Gasteiger partial charge in [-0.05, 0) is 35.9 Å². The number of rotatable bonds is 6. The Kier molecular flexibility index (Phi) is 6.09. The van der Waals surface area contributed by atoms with Gasteiger partial charge in [-0.15, -0.1) is 0 Å². The SMILES string of the molecule is O=C(c1cc2ccc(-c3nccc(Nc4ccc(-c5cn[nH]c5)cc4)n3)cc2[nH]1)N1CCOC(CO)C1. The van der Waals surface area contributed by atoms with Crippen LogP contribution in [0.4, 0.5) is 11.5 Å². The summed E-state index contributed by atoms with van der Waals surface area (Å²) < 4.78 is 5.46. The number of anilines is 2. The summed E-state index contributed by atoms with van der Waals surface area (Å²) in [5.41, 5.74) is 5.16. The first-order valence-corrected chi connectivity index (χ1v) is 12.0. The molecule has 1 fully saturated rings. The Morgan fingerprint density at radius 1 is 1.11 bits per heavy atom. The molecule has 1 saturated heterocycles. The molecule has 5 aromatic rings. The Morgan fingerprint density at radius 2 is 1.97 bits per heavy atom. The van der Waals surface area contributed by atoms with Crippen molar-refractivity contribution in [3.05, 3.63) is 78.9 Å². The largest absolute Gasteiger partial charge is 0.394 e. The molecule has 1 atom stereocenters. The van der Waals surface area contributed by atoms with Crippen LogP contribution in [0.1, 0.15) is 10.5 Å². The number of aliphatic hydroxyl groups is 1. The molecular weight excluding hydrogens is 470 g/mol. The summed E-state index contributed by atoms with van der Waals surface area (Å²) in [6.07, 6.45) is 5.01. The van der Waals surface area contributed by atoms with E-state index in [0.717, 1.165) is 33.3 Å². The number of morpholine rings is 1. The van der Waals surface area contributed by atoms with Crippen LogP contribution in [-0.2, 0) is 4.74 Å². The van der Waals surface area contributed by atoms with Gasteiger partial charge in [-0.3, -0.25) is 9.89 Å². The van der Waals surface area contributed by atoms with Crippen molar-refractivity contribution >= 4 is 28.3 Å². The maximum absolute atomic E-state index is 13.0. The molecule has 10 nitrogen and oxygen atoms in total. The minimum Gasteiger partial charge on any atom is -0.394 e. The number of H-pyrrole nitrogens is 2. The van der Waals surface area contributed by atoms with Gasteiger partial charge in [0.25, 0.3) is 5.91 Å². The Morgan fingerprint density at radius 3 is 2.78 bits per heavy atom. The first-order valence-electron chi connectivity index (χ1n) is 12.0. The van der Waals surface area contributed by atoms with Crippen molar-refractivity contribution < 1.29 is 14.6 Å². The highest BCUT2D eigenvalue weighted by atomic mass is 16.5. The number of aromatic amines is 2. The summed E-state index contributed by atoms with van der Waals surface area (Å²) in [6.45, 7) is 1.17. The molecule has 2 aromatic carbocycles. The third-order valence-electron chi connectivity index (χ3n) is 6.39. The number of benzene rings is 2. The van der Waals surface area contributed by atoms with Crippen molar-refractivity contribution in [2.24, 2.45) is 0 Å². The Balaban J connectivity index is 1.20. The normalized spacial score (nSPS) is 15.7. The quantitative estimate of drug-likeness (QED) is 0.283. The molecule has 0 bridgehead atoms. The molecule has 4 heterocycles. The predicted molar refractivity (Wildman–Crippen MR) is 139 cm³/mol. The van der Waals surface area contributed by atoms with Crippen LogP contribution < -0.4 is 5.32 Å². The molecule has 1 aliphatic rings. The van der Waals surface area contributed by atoms with Crippen LogP contribution in [0, 0.1) is 0 Å². The van der Waals surface area contributed by atoms with Crippen molar-refractivity contribution in [3.63, 3.8) is 0 Å². The van der Waals surface area contributed by atoms with Gasteiger partial charge < -0.3 is 25.0 Å². The second-order valence-corrected chi connectivity index (χ2v) is 8.87. The topological polar surface area (TPSA) is 132 Å². The molecule has 1 aliphatic heterocycles. The summed E-state index contributed by atoms with van der Waals surface area (Å²) >= 11 is 0. The molecule has 1 unspecified atom stereocenters. The lowest BCUT2D eigenvalue weighted by Crippen LogP contribution is -2.47. The lowest BCUT2D eigenvalue weighted by Gasteiger charge is -2.31. The zero-order chi connectivity index (χ0) is 25.2. The van der Waals surface area contributed by atoms with Gasteiger partial charge in [0.2, 0.25) is 0 Å². The standard InChI is InChI=1S/C27H25N7O3/c35-16-22-15-34(9-10-37-22)27(36)24-11-18-1-2-19(12-23(18)32-24)26-28-8-7-25(33-26)31-21-5-3-17(4-6-21)20-13-29-30-14-20/h1-8,11-14,22,32,35H,9-10,15-16H2,(H,29,30)(H,28,31,33). The van der Waals surface area contributed by atoms with Crippen LogP contribution in [0.5, 0.6) is 0 Å². The van der Waals surface area contributed by atoms with Gasteiger partial charge in [0.05, 0.1) is 25.5 Å². The summed E-state index contributed by atoms with van der Waals surface area (Å²) in [7, 11) is 0. The average Bonchev–Trinajstić information content (AvgIpc) is 3.63. The van der Waals surface area contributed by atoms with Crippen molar-refractivity contribution in [2.45, 2.75) is 6.10 Å². The first-order chi connectivity index (χ1) is 18.2. The zero-order valence-electron chi connectivity index (χ0n) is 19.9. The van der Waals surface area contributed by atoms with Gasteiger partial charge in [0, 0.05) is 53.2 Å². The number of hydrogen-bond donors (Lipinski definition) is 4. The minimum absolute atomic E-state index is 0.107. The van der Waals surface area contributed by atoms with Crippen LogP contribution >= 0.6 is 0 Å². The van der Waals surface area contributed by atoms with Gasteiger partial charge in [-0.1, -0.05) is 24.3 Å². The van der Waals surface area contributed by atoms with Crippen molar-refractivity contribution in [2.75, 3.05) is 31.6 Å².